The summed E-state index contributed by atoms with van der Waals surface area (Å²) < 4.78 is 0. The largest absolute Gasteiger partial charge is 0.481 e. The molecule has 42 heavy (non-hydrogen) atoms. The number of hydrogen-bond acceptors (Lipinski definition) is 11. The molecule has 228 valence electrons. The predicted octanol–water partition coefficient (Wildman–Crippen LogP) is -1.83. The summed E-state index contributed by atoms with van der Waals surface area (Å²) in [6, 6.07) is -2.32. The molecule has 1 aliphatic heterocycles. The van der Waals surface area contributed by atoms with Crippen molar-refractivity contribution < 1.29 is 43.7 Å². The van der Waals surface area contributed by atoms with Crippen LogP contribution in [0.3, 0.4) is 0 Å². The fraction of sp³-hybridized carbons (Fsp3) is 0.478. The first-order valence-corrected chi connectivity index (χ1v) is 12.5. The summed E-state index contributed by atoms with van der Waals surface area (Å²) in [4.78, 5) is 94.9. The Morgan fingerprint density at radius 1 is 1.02 bits per heavy atom. The molecule has 19 nitrogen and oxygen atoms in total. The smallest absolute Gasteiger partial charge is 0.303 e. The minimum absolute atomic E-state index is 0.0555. The Labute approximate surface area is 237 Å². The first-order chi connectivity index (χ1) is 19.6. The number of rotatable bonds is 15. The molecule has 19 heteroatoms. The van der Waals surface area contributed by atoms with Crippen LogP contribution in [-0.2, 0) is 28.8 Å². The molecule has 0 radical (unpaired) electrons. The molecule has 0 aromatic heterocycles. The number of carboxylic acid groups (broad SMARTS) is 1. The van der Waals surface area contributed by atoms with Gasteiger partial charge < -0.3 is 37.4 Å². The molecule has 1 aliphatic rings. The molecule has 4 atom stereocenters. The molecule has 2 rings (SSSR count). The maximum Gasteiger partial charge on any atom is 0.303 e. The topological polar surface area (TPSA) is 300 Å². The SMILES string of the molecule is C[C@H](NC(=O)[C@H](CCC(=O)O)NC(=O)[C@@H]1CCCN1c1ccc([N+](=O)[O-])cc1[N+](=O)[O-])C(=O)N[C@@H](CC(N)=O)C(N)=O. The highest BCUT2D eigenvalue weighted by Gasteiger charge is 2.37. The molecule has 0 aliphatic carbocycles. The molecule has 0 unspecified atom stereocenters. The number of nitrogens with zero attached hydrogens (tertiary/aromatic N) is 3. The summed E-state index contributed by atoms with van der Waals surface area (Å²) >= 11 is 0. The van der Waals surface area contributed by atoms with E-state index in [4.69, 9.17) is 16.6 Å². The van der Waals surface area contributed by atoms with Crippen molar-refractivity contribution in [2.75, 3.05) is 11.4 Å². The highest BCUT2D eigenvalue weighted by atomic mass is 16.6. The lowest BCUT2D eigenvalue weighted by molar-refractivity contribution is -0.393. The number of carbonyl (C=O) groups excluding carboxylic acids is 5. The Bertz CT molecular complexity index is 1290. The fourth-order valence-corrected chi connectivity index (χ4v) is 4.25. The molecule has 0 bridgehead atoms. The number of carbonyl (C=O) groups is 6. The normalized spacial score (nSPS) is 16.4. The number of carboxylic acids is 1. The zero-order chi connectivity index (χ0) is 31.7. The summed E-state index contributed by atoms with van der Waals surface area (Å²) in [5, 5.41) is 38.7. The van der Waals surface area contributed by atoms with E-state index in [1.807, 2.05) is 0 Å². The van der Waals surface area contributed by atoms with E-state index in [1.54, 1.807) is 0 Å². The maximum atomic E-state index is 13.3. The van der Waals surface area contributed by atoms with Gasteiger partial charge in [0.1, 0.15) is 29.9 Å². The van der Waals surface area contributed by atoms with Crippen molar-refractivity contribution in [2.45, 2.75) is 63.2 Å². The number of nitro benzene ring substituents is 2. The van der Waals surface area contributed by atoms with Crippen LogP contribution >= 0.6 is 0 Å². The number of primary amides is 2. The molecule has 1 saturated heterocycles. The molecule has 0 spiro atoms. The van der Waals surface area contributed by atoms with Gasteiger partial charge in [0, 0.05) is 19.0 Å². The van der Waals surface area contributed by atoms with E-state index in [2.05, 4.69) is 16.0 Å². The van der Waals surface area contributed by atoms with Gasteiger partial charge in [0.15, 0.2) is 0 Å². The van der Waals surface area contributed by atoms with E-state index >= 15 is 0 Å². The summed E-state index contributed by atoms with van der Waals surface area (Å²) in [7, 11) is 0. The van der Waals surface area contributed by atoms with Crippen LogP contribution in [0.4, 0.5) is 17.1 Å². The van der Waals surface area contributed by atoms with Gasteiger partial charge in [-0.2, -0.15) is 0 Å². The number of hydrogen-bond donors (Lipinski definition) is 6. The van der Waals surface area contributed by atoms with E-state index in [1.165, 1.54) is 11.8 Å². The third kappa shape index (κ3) is 8.83. The van der Waals surface area contributed by atoms with Crippen LogP contribution in [-0.4, -0.2) is 81.2 Å². The van der Waals surface area contributed by atoms with Crippen molar-refractivity contribution in [1.29, 1.82) is 0 Å². The van der Waals surface area contributed by atoms with Gasteiger partial charge in [0.05, 0.1) is 22.3 Å². The van der Waals surface area contributed by atoms with Crippen LogP contribution < -0.4 is 32.3 Å². The van der Waals surface area contributed by atoms with Crippen LogP contribution in [0.1, 0.15) is 39.0 Å². The minimum Gasteiger partial charge on any atom is -0.481 e. The highest BCUT2D eigenvalue weighted by Crippen LogP contribution is 2.36. The molecule has 8 N–H and O–H groups in total. The van der Waals surface area contributed by atoms with Gasteiger partial charge in [0.2, 0.25) is 29.5 Å². The van der Waals surface area contributed by atoms with E-state index < -0.39 is 100 Å². The van der Waals surface area contributed by atoms with Crippen LogP contribution in [0.15, 0.2) is 18.2 Å². The Kier molecular flexibility index (Phi) is 11.2. The summed E-state index contributed by atoms with van der Waals surface area (Å²) in [6.45, 7) is 1.39. The van der Waals surface area contributed by atoms with Crippen LogP contribution in [0.5, 0.6) is 0 Å². The number of benzene rings is 1. The number of nitro groups is 2. The lowest BCUT2D eigenvalue weighted by Crippen LogP contribution is -2.57. The second-order valence-corrected chi connectivity index (χ2v) is 9.40. The van der Waals surface area contributed by atoms with Crippen molar-refractivity contribution in [2.24, 2.45) is 11.5 Å². The highest BCUT2D eigenvalue weighted by molar-refractivity contribution is 5.96. The Morgan fingerprint density at radius 2 is 1.69 bits per heavy atom. The monoisotopic (exact) mass is 594 g/mol. The zero-order valence-corrected chi connectivity index (χ0v) is 22.3. The van der Waals surface area contributed by atoms with Gasteiger partial charge in [-0.3, -0.25) is 49.0 Å². The van der Waals surface area contributed by atoms with Crippen LogP contribution in [0.2, 0.25) is 0 Å². The van der Waals surface area contributed by atoms with Crippen molar-refractivity contribution in [3.63, 3.8) is 0 Å². The van der Waals surface area contributed by atoms with Gasteiger partial charge >= 0.3 is 5.97 Å². The second kappa shape index (κ2) is 14.3. The van der Waals surface area contributed by atoms with E-state index in [9.17, 15) is 49.0 Å². The molecule has 1 aromatic carbocycles. The maximum absolute atomic E-state index is 13.3. The molecule has 1 heterocycles. The van der Waals surface area contributed by atoms with Crippen LogP contribution in [0, 0.1) is 20.2 Å². The van der Waals surface area contributed by atoms with E-state index in [0.717, 1.165) is 18.2 Å². The number of nitrogens with one attached hydrogen (secondary N) is 3. The van der Waals surface area contributed by atoms with Crippen LogP contribution in [0.25, 0.3) is 0 Å². The molecule has 1 fully saturated rings. The number of aliphatic carboxylic acids is 1. The van der Waals surface area contributed by atoms with Gasteiger partial charge in [-0.1, -0.05) is 0 Å². The average Bonchev–Trinajstić information content (AvgIpc) is 3.39. The summed E-state index contributed by atoms with van der Waals surface area (Å²) in [5.74, 6) is -5.92. The number of amides is 5. The van der Waals surface area contributed by atoms with E-state index in [-0.39, 0.29) is 18.7 Å². The van der Waals surface area contributed by atoms with Gasteiger partial charge in [-0.15, -0.1) is 0 Å². The Hall–Kier alpha value is -5.36. The third-order valence-electron chi connectivity index (χ3n) is 6.33. The molecular formula is C23H30N8O11. The average molecular weight is 595 g/mol. The lowest BCUT2D eigenvalue weighted by atomic mass is 10.1. The first kappa shape index (κ1) is 32.8. The number of anilines is 1. The first-order valence-electron chi connectivity index (χ1n) is 12.5. The predicted molar refractivity (Wildman–Crippen MR) is 141 cm³/mol. The molecule has 5 amide bonds. The number of non-ortho nitro benzene ring substituents is 1. The molecular weight excluding hydrogens is 564 g/mol. The van der Waals surface area contributed by atoms with Crippen molar-refractivity contribution in [3.8, 4) is 0 Å². The van der Waals surface area contributed by atoms with E-state index in [0.29, 0.717) is 6.42 Å². The third-order valence-corrected chi connectivity index (χ3v) is 6.33. The van der Waals surface area contributed by atoms with Gasteiger partial charge in [-0.25, -0.2) is 0 Å². The van der Waals surface area contributed by atoms with Gasteiger partial charge in [0.25, 0.3) is 11.4 Å². The Morgan fingerprint density at radius 3 is 2.24 bits per heavy atom. The zero-order valence-electron chi connectivity index (χ0n) is 22.3. The summed E-state index contributed by atoms with van der Waals surface area (Å²) in [6.07, 6.45) is -0.938. The van der Waals surface area contributed by atoms with Crippen molar-refractivity contribution in [3.05, 3.63) is 38.4 Å². The minimum atomic E-state index is -1.46. The van der Waals surface area contributed by atoms with Crippen molar-refractivity contribution in [1.82, 2.24) is 16.0 Å². The number of nitrogens with two attached hydrogens (primary N) is 2. The Balaban J connectivity index is 2.21. The standard InChI is InChI=1S/C23H30N8O11/c1-11(21(36)28-14(20(25)35)10-18(24)32)26-22(37)13(5-7-19(33)34)27-23(38)16-3-2-8-29(16)15-6-4-12(30(39)40)9-17(15)31(41)42/h4,6,9,11,13-14,16H,2-3,5,7-8,10H2,1H3,(H2,24,32)(H2,25,35)(H,26,37)(H,27,38)(H,28,36)(H,33,34)/t11-,13-,14-,16-/m0/s1. The molecule has 0 saturated carbocycles. The summed E-state index contributed by atoms with van der Waals surface area (Å²) in [5.41, 5.74) is 8.99. The fourth-order valence-electron chi connectivity index (χ4n) is 4.25. The van der Waals surface area contributed by atoms with Gasteiger partial charge in [-0.05, 0) is 32.3 Å². The van der Waals surface area contributed by atoms with Crippen molar-refractivity contribution >= 4 is 52.6 Å². The quantitative estimate of drug-likeness (QED) is 0.0965. The second-order valence-electron chi connectivity index (χ2n) is 9.40. The lowest BCUT2D eigenvalue weighted by Gasteiger charge is -2.28. The molecule has 1 aromatic rings.